The van der Waals surface area contributed by atoms with Crippen LogP contribution in [0, 0.1) is 11.3 Å². The van der Waals surface area contributed by atoms with Crippen molar-refractivity contribution in [2.45, 2.75) is 13.2 Å². The van der Waals surface area contributed by atoms with E-state index in [2.05, 4.69) is 9.47 Å². The van der Waals surface area contributed by atoms with Gasteiger partial charge in [0.1, 0.15) is 11.5 Å². The number of benzene rings is 2. The summed E-state index contributed by atoms with van der Waals surface area (Å²) < 4.78 is 68.4. The maximum atomic E-state index is 12.6. The molecule has 0 saturated carbocycles. The molecule has 148 valence electrons. The molecule has 0 radical (unpaired) electrons. The van der Waals surface area contributed by atoms with Gasteiger partial charge < -0.3 is 18.9 Å². The normalized spacial score (nSPS) is 10.5. The second-order valence-corrected chi connectivity index (χ2v) is 5.10. The largest absolute Gasteiger partial charge is 0.493 e. The number of hydrogen-bond donors (Lipinski definition) is 0. The number of ketones is 1. The predicted molar refractivity (Wildman–Crippen MR) is 87.2 cm³/mol. The second kappa shape index (κ2) is 9.45. The first-order valence-electron chi connectivity index (χ1n) is 7.62. The van der Waals surface area contributed by atoms with E-state index < -0.39 is 37.1 Å². The number of carbonyl (C=O) groups is 1. The molecule has 2 rings (SSSR count). The fourth-order valence-corrected chi connectivity index (χ4v) is 2.18. The van der Waals surface area contributed by atoms with Gasteiger partial charge in [0.2, 0.25) is 5.78 Å². The molecule has 0 atom stereocenters. The molecule has 0 fully saturated rings. The third kappa shape index (κ3) is 5.51. The van der Waals surface area contributed by atoms with Gasteiger partial charge in [0.05, 0.1) is 24.3 Å². The molecule has 0 N–H and O–H groups in total. The van der Waals surface area contributed by atoms with E-state index in [-0.39, 0.29) is 17.1 Å². The maximum absolute atomic E-state index is 12.6. The van der Waals surface area contributed by atoms with Crippen LogP contribution in [0.15, 0.2) is 36.4 Å². The second-order valence-electron chi connectivity index (χ2n) is 5.10. The fraction of sp³-hybridized carbons (Fsp3) is 0.222. The highest BCUT2D eigenvalue weighted by molar-refractivity contribution is 6.00. The van der Waals surface area contributed by atoms with Crippen molar-refractivity contribution in [1.29, 1.82) is 5.26 Å². The van der Waals surface area contributed by atoms with Crippen LogP contribution in [-0.2, 0) is 0 Å². The molecule has 0 heterocycles. The van der Waals surface area contributed by atoms with Crippen molar-refractivity contribution in [2.24, 2.45) is 0 Å². The predicted octanol–water partition coefficient (Wildman–Crippen LogP) is 4.03. The van der Waals surface area contributed by atoms with Crippen molar-refractivity contribution in [1.82, 2.24) is 0 Å². The van der Waals surface area contributed by atoms with E-state index in [0.717, 1.165) is 18.2 Å². The van der Waals surface area contributed by atoms with E-state index in [0.29, 0.717) is 5.56 Å². The number of nitrogens with zero attached hydrogens (tertiary/aromatic N) is 1. The minimum atomic E-state index is -3.28. The summed E-state index contributed by atoms with van der Waals surface area (Å²) in [6, 6.07) is 8.92. The third-order valence-corrected chi connectivity index (χ3v) is 3.35. The van der Waals surface area contributed by atoms with Crippen LogP contribution in [0.25, 0.3) is 0 Å². The lowest BCUT2D eigenvalue weighted by molar-refractivity contribution is -0.0544. The molecule has 0 amide bonds. The molecule has 2 aromatic rings. The molecule has 0 aliphatic rings. The number of rotatable bonds is 9. The molecular formula is C18H13F4NO5. The lowest BCUT2D eigenvalue weighted by Crippen LogP contribution is -2.15. The number of alkyl halides is 4. The lowest BCUT2D eigenvalue weighted by atomic mass is 10.1. The van der Waals surface area contributed by atoms with E-state index in [1.165, 1.54) is 25.3 Å². The van der Waals surface area contributed by atoms with Crippen molar-refractivity contribution in [3.05, 3.63) is 47.5 Å². The summed E-state index contributed by atoms with van der Waals surface area (Å²) >= 11 is 0. The van der Waals surface area contributed by atoms with Gasteiger partial charge in [-0.3, -0.25) is 4.79 Å². The minimum absolute atomic E-state index is 0.142. The van der Waals surface area contributed by atoms with Gasteiger partial charge in [0.25, 0.3) is 0 Å². The fourth-order valence-electron chi connectivity index (χ4n) is 2.18. The Hall–Kier alpha value is -3.48. The van der Waals surface area contributed by atoms with Crippen LogP contribution in [0.1, 0.15) is 15.9 Å². The number of ether oxygens (including phenoxy) is 4. The summed E-state index contributed by atoms with van der Waals surface area (Å²) in [6.07, 6.45) is 0. The molecular weight excluding hydrogens is 386 g/mol. The summed E-state index contributed by atoms with van der Waals surface area (Å²) in [5.74, 6) is -1.50. The van der Waals surface area contributed by atoms with Crippen LogP contribution >= 0.6 is 0 Å². The van der Waals surface area contributed by atoms with Crippen LogP contribution in [0.4, 0.5) is 17.6 Å². The van der Waals surface area contributed by atoms with Crippen LogP contribution in [0.2, 0.25) is 0 Å². The van der Waals surface area contributed by atoms with Gasteiger partial charge in [-0.15, -0.1) is 0 Å². The van der Waals surface area contributed by atoms with E-state index in [1.54, 1.807) is 0 Å². The zero-order valence-corrected chi connectivity index (χ0v) is 14.3. The van der Waals surface area contributed by atoms with Gasteiger partial charge in [-0.2, -0.15) is 22.8 Å². The Morgan fingerprint density at radius 3 is 2.32 bits per heavy atom. The smallest absolute Gasteiger partial charge is 0.387 e. The first-order chi connectivity index (χ1) is 13.3. The summed E-state index contributed by atoms with van der Waals surface area (Å²) in [7, 11) is 1.33. The molecule has 2 aromatic carbocycles. The zero-order chi connectivity index (χ0) is 20.7. The average molecular weight is 399 g/mol. The monoisotopic (exact) mass is 399 g/mol. The van der Waals surface area contributed by atoms with Crippen LogP contribution < -0.4 is 18.9 Å². The van der Waals surface area contributed by atoms with Gasteiger partial charge in [-0.1, -0.05) is 0 Å². The molecule has 0 unspecified atom stereocenters. The number of hydrogen-bond acceptors (Lipinski definition) is 6. The van der Waals surface area contributed by atoms with Crippen LogP contribution in [0.3, 0.4) is 0 Å². The highest BCUT2D eigenvalue weighted by Gasteiger charge is 2.19. The van der Waals surface area contributed by atoms with Gasteiger partial charge in [-0.25, -0.2) is 0 Å². The zero-order valence-electron chi connectivity index (χ0n) is 14.3. The number of halogens is 4. The van der Waals surface area contributed by atoms with Crippen molar-refractivity contribution in [2.75, 3.05) is 13.7 Å². The molecule has 10 heteroatoms. The Bertz CT molecular complexity index is 883. The van der Waals surface area contributed by atoms with Gasteiger partial charge in [0.15, 0.2) is 18.1 Å². The van der Waals surface area contributed by atoms with E-state index in [1.807, 2.05) is 6.07 Å². The molecule has 0 saturated heterocycles. The van der Waals surface area contributed by atoms with E-state index in [9.17, 15) is 22.4 Å². The van der Waals surface area contributed by atoms with Crippen LogP contribution in [-0.4, -0.2) is 32.7 Å². The summed E-state index contributed by atoms with van der Waals surface area (Å²) in [4.78, 5) is 12.3. The molecule has 0 aliphatic carbocycles. The number of carbonyl (C=O) groups excluding carboxylic acids is 1. The molecule has 28 heavy (non-hydrogen) atoms. The molecule has 0 bridgehead atoms. The standard InChI is InChI=1S/C18H13F4NO5/c1-25-16-6-10(8-23)2-5-14(16)26-9-13(24)12-4-3-11(27-17(19)20)7-15(12)28-18(21)22/h2-7,17-18H,9H2,1H3. The first-order valence-corrected chi connectivity index (χ1v) is 7.62. The Morgan fingerprint density at radius 1 is 1.00 bits per heavy atom. The molecule has 0 aliphatic heterocycles. The minimum Gasteiger partial charge on any atom is -0.493 e. The summed E-state index contributed by atoms with van der Waals surface area (Å²) in [5, 5.41) is 8.86. The van der Waals surface area contributed by atoms with Gasteiger partial charge >= 0.3 is 13.2 Å². The SMILES string of the molecule is COc1cc(C#N)ccc1OCC(=O)c1ccc(OC(F)F)cc1OC(F)F. The average Bonchev–Trinajstić information content (AvgIpc) is 2.65. The number of Topliss-reactive ketones (excluding diaryl/α,β-unsaturated/α-hetero) is 1. The molecule has 0 spiro atoms. The first kappa shape index (κ1) is 20.8. The molecule has 6 nitrogen and oxygen atoms in total. The molecule has 0 aromatic heterocycles. The Kier molecular flexibility index (Phi) is 7.03. The van der Waals surface area contributed by atoms with Crippen LogP contribution in [0.5, 0.6) is 23.0 Å². The topological polar surface area (TPSA) is 77.8 Å². The highest BCUT2D eigenvalue weighted by Crippen LogP contribution is 2.30. The summed E-state index contributed by atoms with van der Waals surface area (Å²) in [5.41, 5.74) is -0.00714. The Balaban J connectivity index is 2.20. The number of nitriles is 1. The lowest BCUT2D eigenvalue weighted by Gasteiger charge is -2.14. The summed E-state index contributed by atoms with van der Waals surface area (Å²) in [6.45, 7) is -7.04. The number of methoxy groups -OCH3 is 1. The van der Waals surface area contributed by atoms with E-state index in [4.69, 9.17) is 14.7 Å². The quantitative estimate of drug-likeness (QED) is 0.468. The van der Waals surface area contributed by atoms with Gasteiger partial charge in [0, 0.05) is 12.1 Å². The maximum Gasteiger partial charge on any atom is 0.387 e. The van der Waals surface area contributed by atoms with E-state index >= 15 is 0 Å². The van der Waals surface area contributed by atoms with Gasteiger partial charge in [-0.05, 0) is 24.3 Å². The van der Waals surface area contributed by atoms with Crippen molar-refractivity contribution in [3.63, 3.8) is 0 Å². The van der Waals surface area contributed by atoms with Crippen molar-refractivity contribution < 1.29 is 41.3 Å². The van der Waals surface area contributed by atoms with Crippen molar-refractivity contribution in [3.8, 4) is 29.1 Å². The third-order valence-electron chi connectivity index (χ3n) is 3.35. The van der Waals surface area contributed by atoms with Crippen molar-refractivity contribution >= 4 is 5.78 Å². The Morgan fingerprint density at radius 2 is 1.71 bits per heavy atom. The Labute approximate surface area is 156 Å². The highest BCUT2D eigenvalue weighted by atomic mass is 19.3.